The van der Waals surface area contributed by atoms with Crippen LogP contribution in [0.15, 0.2) is 24.7 Å². The van der Waals surface area contributed by atoms with Gasteiger partial charge >= 0.3 is 0 Å². The van der Waals surface area contributed by atoms with E-state index in [9.17, 15) is 4.79 Å². The summed E-state index contributed by atoms with van der Waals surface area (Å²) in [4.78, 5) is 23.8. The fourth-order valence-electron chi connectivity index (χ4n) is 3.40. The highest BCUT2D eigenvalue weighted by molar-refractivity contribution is 6.30. The molecule has 0 unspecified atom stereocenters. The molecule has 1 fully saturated rings. The van der Waals surface area contributed by atoms with Crippen molar-refractivity contribution in [3.63, 3.8) is 0 Å². The Morgan fingerprint density at radius 3 is 2.53 bits per heavy atom. The average Bonchev–Trinajstić information content (AvgIpc) is 2.73. The standard InChI is InChI=1S/C21H26ClN5O3/c1-13(27-14(2)28)12-29-18-3-5-19(6-4-18)30-21-15(8-23)7-16(9-26-21)20-24-10-17(22)11-25-20/h7-11,13,18-19,23H,3-6,12H2,1-2H3,(H,27,28)/t13-,18?,19?/m0/s1. The third-order valence-corrected chi connectivity index (χ3v) is 5.04. The first kappa shape index (κ1) is 22.1. The van der Waals surface area contributed by atoms with Gasteiger partial charge in [0.15, 0.2) is 5.82 Å². The van der Waals surface area contributed by atoms with Crippen LogP contribution >= 0.6 is 11.6 Å². The molecule has 1 atom stereocenters. The van der Waals surface area contributed by atoms with E-state index in [4.69, 9.17) is 26.5 Å². The van der Waals surface area contributed by atoms with E-state index in [0.29, 0.717) is 34.5 Å². The smallest absolute Gasteiger partial charge is 0.222 e. The highest BCUT2D eigenvalue weighted by Gasteiger charge is 2.24. The van der Waals surface area contributed by atoms with Crippen molar-refractivity contribution >= 4 is 23.7 Å². The van der Waals surface area contributed by atoms with E-state index >= 15 is 0 Å². The van der Waals surface area contributed by atoms with Gasteiger partial charge in [0.1, 0.15) is 6.10 Å². The molecule has 2 aromatic heterocycles. The summed E-state index contributed by atoms with van der Waals surface area (Å²) in [6.07, 6.45) is 9.57. The van der Waals surface area contributed by atoms with Crippen molar-refractivity contribution in [1.29, 1.82) is 5.41 Å². The van der Waals surface area contributed by atoms with Crippen LogP contribution in [-0.2, 0) is 9.53 Å². The molecule has 0 spiro atoms. The van der Waals surface area contributed by atoms with Crippen LogP contribution in [0, 0.1) is 5.41 Å². The van der Waals surface area contributed by atoms with Gasteiger partial charge in [-0.3, -0.25) is 4.79 Å². The van der Waals surface area contributed by atoms with Gasteiger partial charge in [0.25, 0.3) is 0 Å². The number of hydrogen-bond acceptors (Lipinski definition) is 7. The number of carbonyl (C=O) groups excluding carboxylic acids is 1. The monoisotopic (exact) mass is 431 g/mol. The lowest BCUT2D eigenvalue weighted by atomic mass is 9.95. The average molecular weight is 432 g/mol. The molecule has 2 aromatic rings. The summed E-state index contributed by atoms with van der Waals surface area (Å²) >= 11 is 5.83. The number of nitrogens with one attached hydrogen (secondary N) is 2. The lowest BCUT2D eigenvalue weighted by Crippen LogP contribution is -2.37. The maximum atomic E-state index is 11.1. The van der Waals surface area contributed by atoms with E-state index in [1.807, 2.05) is 6.92 Å². The molecule has 0 radical (unpaired) electrons. The highest BCUT2D eigenvalue weighted by atomic mass is 35.5. The van der Waals surface area contributed by atoms with Crippen molar-refractivity contribution in [3.8, 4) is 17.3 Å². The van der Waals surface area contributed by atoms with E-state index in [-0.39, 0.29) is 24.2 Å². The Bertz CT molecular complexity index is 869. The zero-order chi connectivity index (χ0) is 21.5. The van der Waals surface area contributed by atoms with Gasteiger partial charge in [-0.25, -0.2) is 15.0 Å². The number of amides is 1. The summed E-state index contributed by atoms with van der Waals surface area (Å²) in [5.74, 6) is 0.880. The van der Waals surface area contributed by atoms with Gasteiger partial charge in [0.05, 0.1) is 23.3 Å². The fraction of sp³-hybridized carbons (Fsp3) is 0.476. The van der Waals surface area contributed by atoms with Crippen LogP contribution in [0.4, 0.5) is 0 Å². The molecule has 30 heavy (non-hydrogen) atoms. The van der Waals surface area contributed by atoms with E-state index in [2.05, 4.69) is 20.3 Å². The normalized spacial score (nSPS) is 19.7. The molecule has 9 heteroatoms. The summed E-state index contributed by atoms with van der Waals surface area (Å²) in [6.45, 7) is 3.94. The number of nitrogens with zero attached hydrogens (tertiary/aromatic N) is 3. The van der Waals surface area contributed by atoms with Crippen LogP contribution in [0.1, 0.15) is 45.1 Å². The summed E-state index contributed by atoms with van der Waals surface area (Å²) in [5, 5.41) is 11.0. The number of pyridine rings is 1. The quantitative estimate of drug-likeness (QED) is 0.619. The summed E-state index contributed by atoms with van der Waals surface area (Å²) in [7, 11) is 0. The first-order chi connectivity index (χ1) is 14.4. The number of ether oxygens (including phenoxy) is 2. The van der Waals surface area contributed by atoms with Gasteiger partial charge in [-0.2, -0.15) is 0 Å². The van der Waals surface area contributed by atoms with Crippen LogP contribution in [0.5, 0.6) is 5.88 Å². The second kappa shape index (κ2) is 10.4. The van der Waals surface area contributed by atoms with Crippen LogP contribution in [0.25, 0.3) is 11.4 Å². The van der Waals surface area contributed by atoms with Crippen molar-refractivity contribution in [2.75, 3.05) is 6.61 Å². The summed E-state index contributed by atoms with van der Waals surface area (Å²) in [5.41, 5.74) is 1.27. The zero-order valence-corrected chi connectivity index (χ0v) is 17.9. The molecule has 0 saturated heterocycles. The third-order valence-electron chi connectivity index (χ3n) is 4.84. The molecule has 1 amide bonds. The van der Waals surface area contributed by atoms with Crippen LogP contribution < -0.4 is 10.1 Å². The maximum Gasteiger partial charge on any atom is 0.222 e. The first-order valence-corrected chi connectivity index (χ1v) is 10.4. The lowest BCUT2D eigenvalue weighted by molar-refractivity contribution is -0.120. The van der Waals surface area contributed by atoms with Gasteiger partial charge in [0, 0.05) is 43.3 Å². The molecular formula is C21H26ClN5O3. The summed E-state index contributed by atoms with van der Waals surface area (Å²) in [6, 6.07) is 1.79. The SMILES string of the molecule is CC(=O)N[C@@H](C)COC1CCC(Oc2ncc(-c3ncc(Cl)cn3)cc2C=N)CC1. The molecule has 0 aromatic carbocycles. The number of hydrogen-bond donors (Lipinski definition) is 2. The van der Waals surface area contributed by atoms with E-state index in [1.54, 1.807) is 12.3 Å². The summed E-state index contributed by atoms with van der Waals surface area (Å²) < 4.78 is 12.0. The van der Waals surface area contributed by atoms with Crippen LogP contribution in [0.2, 0.25) is 5.02 Å². The second-order valence-electron chi connectivity index (χ2n) is 7.44. The van der Waals surface area contributed by atoms with Gasteiger partial charge in [0.2, 0.25) is 11.8 Å². The third kappa shape index (κ3) is 6.21. The van der Waals surface area contributed by atoms with E-state index < -0.39 is 0 Å². The molecule has 1 aliphatic rings. The Kier molecular flexibility index (Phi) is 7.70. The van der Waals surface area contributed by atoms with Crippen molar-refractivity contribution in [3.05, 3.63) is 35.2 Å². The molecule has 2 N–H and O–H groups in total. The van der Waals surface area contributed by atoms with Crippen molar-refractivity contribution < 1.29 is 14.3 Å². The predicted molar refractivity (Wildman–Crippen MR) is 114 cm³/mol. The minimum atomic E-state index is -0.0497. The fourth-order valence-corrected chi connectivity index (χ4v) is 3.50. The number of carbonyl (C=O) groups is 1. The molecule has 160 valence electrons. The minimum Gasteiger partial charge on any atom is -0.474 e. The number of aromatic nitrogens is 3. The number of halogens is 1. The molecule has 8 nitrogen and oxygen atoms in total. The Morgan fingerprint density at radius 1 is 1.23 bits per heavy atom. The van der Waals surface area contributed by atoms with Gasteiger partial charge in [-0.15, -0.1) is 0 Å². The lowest BCUT2D eigenvalue weighted by Gasteiger charge is -2.29. The molecule has 1 aliphatic carbocycles. The molecular weight excluding hydrogens is 406 g/mol. The predicted octanol–water partition coefficient (Wildman–Crippen LogP) is 3.42. The minimum absolute atomic E-state index is 0.000965. The maximum absolute atomic E-state index is 11.1. The highest BCUT2D eigenvalue weighted by Crippen LogP contribution is 2.27. The molecule has 3 rings (SSSR count). The van der Waals surface area contributed by atoms with Gasteiger partial charge < -0.3 is 20.2 Å². The van der Waals surface area contributed by atoms with Crippen LogP contribution in [0.3, 0.4) is 0 Å². The van der Waals surface area contributed by atoms with E-state index in [1.165, 1.54) is 25.5 Å². The second-order valence-corrected chi connectivity index (χ2v) is 7.88. The molecule has 0 bridgehead atoms. The molecule has 0 aliphatic heterocycles. The zero-order valence-electron chi connectivity index (χ0n) is 17.1. The Labute approximate surface area is 180 Å². The Hall–Kier alpha value is -2.58. The first-order valence-electron chi connectivity index (χ1n) is 9.98. The van der Waals surface area contributed by atoms with Gasteiger partial charge in [-0.05, 0) is 38.7 Å². The van der Waals surface area contributed by atoms with Crippen molar-refractivity contribution in [2.24, 2.45) is 0 Å². The van der Waals surface area contributed by atoms with Crippen LogP contribution in [-0.4, -0.2) is 51.9 Å². The Morgan fingerprint density at radius 2 is 1.90 bits per heavy atom. The Balaban J connectivity index is 1.54. The van der Waals surface area contributed by atoms with Crippen molar-refractivity contribution in [2.45, 2.75) is 57.8 Å². The molecule has 2 heterocycles. The van der Waals surface area contributed by atoms with Crippen molar-refractivity contribution in [1.82, 2.24) is 20.3 Å². The number of rotatable bonds is 8. The van der Waals surface area contributed by atoms with Gasteiger partial charge in [-0.1, -0.05) is 11.6 Å². The largest absolute Gasteiger partial charge is 0.474 e. The van der Waals surface area contributed by atoms with E-state index in [0.717, 1.165) is 25.7 Å². The molecule has 1 saturated carbocycles. The topological polar surface area (TPSA) is 110 Å².